The number of nitrogens with two attached hydrogens (primary N) is 1. The van der Waals surface area contributed by atoms with Crippen molar-refractivity contribution in [2.24, 2.45) is 4.99 Å². The predicted octanol–water partition coefficient (Wildman–Crippen LogP) is 15.2. The molecular weight excluding hydrogens is 895 g/mol. The zero-order valence-electron chi connectivity index (χ0n) is 41.5. The number of allylic oxidation sites excluding steroid dienone is 2. The molecule has 3 aromatic carbocycles. The van der Waals surface area contributed by atoms with Gasteiger partial charge in [-0.1, -0.05) is 169 Å². The Bertz CT molecular complexity index is 2760. The van der Waals surface area contributed by atoms with Crippen molar-refractivity contribution in [1.82, 2.24) is 15.0 Å². The SMILES string of the molecule is CCCCCCc1cc(CCCCCC)cc(/C2=C3\C=CC(=N3)C(Br)(c3cc(CCCCCC)cc(CCCCCC)c3)c3ccc([nH]3)/C(c3ccc(N)cc3)=c3/cc/c([nH]3)=C/c3ccc2[nH]3)c1. The summed E-state index contributed by atoms with van der Waals surface area (Å²) in [5.41, 5.74) is 24.6. The third kappa shape index (κ3) is 11.9. The molecule has 0 saturated carbocycles. The van der Waals surface area contributed by atoms with Crippen LogP contribution in [-0.4, -0.2) is 20.7 Å². The second kappa shape index (κ2) is 23.8. The van der Waals surface area contributed by atoms with Crippen LogP contribution >= 0.6 is 15.9 Å². The lowest BCUT2D eigenvalue weighted by molar-refractivity contribution is 0.660. The largest absolute Gasteiger partial charge is 0.399 e. The Kier molecular flexibility index (Phi) is 17.2. The predicted molar refractivity (Wildman–Crippen MR) is 294 cm³/mol. The van der Waals surface area contributed by atoms with Crippen LogP contribution in [0.2, 0.25) is 0 Å². The van der Waals surface area contributed by atoms with E-state index < -0.39 is 4.32 Å². The van der Waals surface area contributed by atoms with Crippen LogP contribution in [0.4, 0.5) is 5.69 Å². The maximum absolute atomic E-state index is 6.27. The normalized spacial score (nSPS) is 18.0. The van der Waals surface area contributed by atoms with Gasteiger partial charge in [0.15, 0.2) is 0 Å². The molecule has 8 rings (SSSR count). The Labute approximate surface area is 415 Å². The van der Waals surface area contributed by atoms with Crippen LogP contribution in [0.25, 0.3) is 17.2 Å². The van der Waals surface area contributed by atoms with Crippen molar-refractivity contribution in [2.75, 3.05) is 5.73 Å². The number of H-pyrrole nitrogens is 3. The molecule has 6 heteroatoms. The van der Waals surface area contributed by atoms with E-state index in [2.05, 4.69) is 162 Å². The molecule has 0 fully saturated rings. The van der Waals surface area contributed by atoms with Crippen LogP contribution in [0.15, 0.2) is 120 Å². The number of alkyl halides is 1. The van der Waals surface area contributed by atoms with Gasteiger partial charge in [-0.25, -0.2) is 0 Å². The highest BCUT2D eigenvalue weighted by Crippen LogP contribution is 2.45. The lowest BCUT2D eigenvalue weighted by Gasteiger charge is -2.28. The van der Waals surface area contributed by atoms with Crippen LogP contribution in [-0.2, 0) is 30.0 Å². The number of aryl methyl sites for hydroxylation is 4. The molecule has 2 aliphatic rings. The fraction of sp³-hybridized carbons (Fsp3) is 0.403. The van der Waals surface area contributed by atoms with Crippen LogP contribution in [0.5, 0.6) is 0 Å². The molecule has 6 aromatic rings. The average Bonchev–Trinajstić information content (AvgIpc) is 4.20. The van der Waals surface area contributed by atoms with E-state index in [1.54, 1.807) is 0 Å². The highest BCUT2D eigenvalue weighted by molar-refractivity contribution is 9.10. The number of nitrogens with one attached hydrogen (secondary N) is 3. The van der Waals surface area contributed by atoms with Gasteiger partial charge in [0.1, 0.15) is 4.32 Å². The number of rotatable bonds is 23. The highest BCUT2D eigenvalue weighted by atomic mass is 79.9. The number of nitrogen functional groups attached to an aromatic ring is 1. The molecule has 68 heavy (non-hydrogen) atoms. The van der Waals surface area contributed by atoms with Crippen LogP contribution in [0, 0.1) is 0 Å². The number of fused-ring (bicyclic) bond motifs is 7. The molecule has 8 bridgehead atoms. The summed E-state index contributed by atoms with van der Waals surface area (Å²) < 4.78 is -0.781. The molecule has 5 nitrogen and oxygen atoms in total. The van der Waals surface area contributed by atoms with E-state index in [1.807, 2.05) is 12.1 Å². The summed E-state index contributed by atoms with van der Waals surface area (Å²) in [7, 11) is 0. The van der Waals surface area contributed by atoms with E-state index >= 15 is 0 Å². The molecule has 0 spiro atoms. The molecule has 1 unspecified atom stereocenters. The van der Waals surface area contributed by atoms with Crippen LogP contribution in [0.1, 0.15) is 192 Å². The standard InChI is InChI=1S/C62H76BrN5/c1-5-9-13-17-21-44-37-45(22-18-14-10-6-2)40-49(39-44)61-55-32-30-53(66-55)43-52-29-31-54(65-52)60(48-25-27-51(64)28-26-48)56-33-35-58(67-56)62(63,59-36-34-57(61)68-59)50-41-46(23-19-15-11-7-3)38-47(42-50)24-20-16-12-8-4/h25-43,65-67H,5-24,64H2,1-4H3/b52-43-,60-54-,61-57-. The van der Waals surface area contributed by atoms with E-state index in [4.69, 9.17) is 10.7 Å². The van der Waals surface area contributed by atoms with Crippen LogP contribution in [0.3, 0.4) is 0 Å². The molecular formula is C62H76BrN5. The molecule has 0 aliphatic carbocycles. The average molecular weight is 971 g/mol. The summed E-state index contributed by atoms with van der Waals surface area (Å²) in [6, 6.07) is 36.4. The zero-order valence-corrected chi connectivity index (χ0v) is 43.1. The second-order valence-electron chi connectivity index (χ2n) is 19.6. The third-order valence-electron chi connectivity index (χ3n) is 14.1. The number of aromatic amines is 3. The molecule has 0 saturated heterocycles. The molecule has 5 heterocycles. The minimum Gasteiger partial charge on any atom is -0.399 e. The van der Waals surface area contributed by atoms with Crippen molar-refractivity contribution in [2.45, 2.75) is 160 Å². The molecule has 1 atom stereocenters. The third-order valence-corrected chi connectivity index (χ3v) is 15.4. The Morgan fingerprint density at radius 2 is 1.04 bits per heavy atom. The lowest BCUT2D eigenvalue weighted by Crippen LogP contribution is -2.30. The number of unbranched alkanes of at least 4 members (excludes halogenated alkanes) is 12. The number of aromatic nitrogens is 3. The van der Waals surface area contributed by atoms with E-state index in [0.29, 0.717) is 0 Å². The molecule has 356 valence electrons. The van der Waals surface area contributed by atoms with Crippen molar-refractivity contribution in [3.8, 4) is 0 Å². The minimum atomic E-state index is -0.781. The summed E-state index contributed by atoms with van der Waals surface area (Å²) in [6.45, 7) is 9.19. The summed E-state index contributed by atoms with van der Waals surface area (Å²) >= 11 is 4.59. The maximum atomic E-state index is 6.27. The molecule has 2 aliphatic heterocycles. The number of hydrogen-bond acceptors (Lipinski definition) is 2. The summed E-state index contributed by atoms with van der Waals surface area (Å²) in [5, 5.41) is 2.05. The fourth-order valence-electron chi connectivity index (χ4n) is 10.3. The van der Waals surface area contributed by atoms with Crippen LogP contribution < -0.4 is 16.4 Å². The van der Waals surface area contributed by atoms with Crippen molar-refractivity contribution in [3.63, 3.8) is 0 Å². The van der Waals surface area contributed by atoms with E-state index in [0.717, 1.165) is 93.0 Å². The molecule has 0 radical (unpaired) electrons. The summed E-state index contributed by atoms with van der Waals surface area (Å²) in [4.78, 5) is 17.5. The zero-order chi connectivity index (χ0) is 47.3. The van der Waals surface area contributed by atoms with Crippen molar-refractivity contribution >= 4 is 44.6 Å². The number of nitrogens with zero attached hydrogens (tertiary/aromatic N) is 1. The quantitative estimate of drug-likeness (QED) is 0.0288. The first kappa shape index (κ1) is 49.1. The van der Waals surface area contributed by atoms with Crippen molar-refractivity contribution < 1.29 is 0 Å². The number of halogens is 1. The number of aliphatic imine (C=N–C) groups is 1. The molecule has 0 amide bonds. The van der Waals surface area contributed by atoms with Crippen molar-refractivity contribution in [1.29, 1.82) is 0 Å². The van der Waals surface area contributed by atoms with Gasteiger partial charge < -0.3 is 20.7 Å². The lowest BCUT2D eigenvalue weighted by atomic mass is 9.86. The summed E-state index contributed by atoms with van der Waals surface area (Å²) in [6.07, 6.45) is 31.0. The number of benzene rings is 3. The molecule has 3 aromatic heterocycles. The van der Waals surface area contributed by atoms with Gasteiger partial charge in [0.2, 0.25) is 0 Å². The van der Waals surface area contributed by atoms with Gasteiger partial charge >= 0.3 is 0 Å². The van der Waals surface area contributed by atoms with Gasteiger partial charge in [0, 0.05) is 50.3 Å². The number of anilines is 1. The minimum absolute atomic E-state index is 0.744. The van der Waals surface area contributed by atoms with Gasteiger partial charge in [-0.15, -0.1) is 0 Å². The van der Waals surface area contributed by atoms with Gasteiger partial charge in [0.25, 0.3) is 0 Å². The van der Waals surface area contributed by atoms with Gasteiger partial charge in [0.05, 0.1) is 11.4 Å². The van der Waals surface area contributed by atoms with Gasteiger partial charge in [-0.2, -0.15) is 0 Å². The number of hydrogen-bond donors (Lipinski definition) is 4. The maximum Gasteiger partial charge on any atom is 0.132 e. The first-order chi connectivity index (χ1) is 33.3. The first-order valence-corrected chi connectivity index (χ1v) is 27.2. The van der Waals surface area contributed by atoms with E-state index in [9.17, 15) is 0 Å². The topological polar surface area (TPSA) is 85.8 Å². The Balaban J connectivity index is 1.36. The monoisotopic (exact) mass is 970 g/mol. The summed E-state index contributed by atoms with van der Waals surface area (Å²) in [5.74, 6) is 0. The van der Waals surface area contributed by atoms with Gasteiger partial charge in [-0.05, 0) is 157 Å². The second-order valence-corrected chi connectivity index (χ2v) is 20.8. The van der Waals surface area contributed by atoms with Gasteiger partial charge in [-0.3, -0.25) is 4.99 Å². The van der Waals surface area contributed by atoms with Crippen molar-refractivity contribution in [3.05, 3.63) is 187 Å². The van der Waals surface area contributed by atoms with E-state index in [1.165, 1.54) is 136 Å². The Morgan fingerprint density at radius 1 is 0.500 bits per heavy atom. The highest BCUT2D eigenvalue weighted by Gasteiger charge is 2.40. The fourth-order valence-corrected chi connectivity index (χ4v) is 11.0. The van der Waals surface area contributed by atoms with E-state index in [-0.39, 0.29) is 0 Å². The first-order valence-electron chi connectivity index (χ1n) is 26.4. The smallest absolute Gasteiger partial charge is 0.132 e. The Hall–Kier alpha value is -5.33. The molecule has 5 N–H and O–H groups in total. The Morgan fingerprint density at radius 3 is 1.62 bits per heavy atom.